The van der Waals surface area contributed by atoms with Crippen molar-refractivity contribution in [2.24, 2.45) is 5.14 Å². The second-order valence-electron chi connectivity index (χ2n) is 1.22. The van der Waals surface area contributed by atoms with Crippen LogP contribution in [0, 0.1) is 0 Å². The van der Waals surface area contributed by atoms with E-state index in [4.69, 9.17) is 0 Å². The molecule has 0 unspecified atom stereocenters. The number of sulfonamides is 1. The van der Waals surface area contributed by atoms with Crippen molar-refractivity contribution in [2.45, 2.75) is 0 Å². The fraction of sp³-hybridized carbons (Fsp3) is 1.00. The Morgan fingerprint density at radius 2 is 2.00 bits per heavy atom. The summed E-state index contributed by atoms with van der Waals surface area (Å²) in [6, 6.07) is 0. The van der Waals surface area contributed by atoms with Gasteiger partial charge in [0, 0.05) is 0 Å². The molecular weight excluding hydrogens is 116 g/mol. The number of nitrogens with two attached hydrogens (primary N) is 1. The van der Waals surface area contributed by atoms with Crippen LogP contribution >= 0.6 is 0 Å². The third-order valence-corrected chi connectivity index (χ3v) is 1.29. The fourth-order valence-electron chi connectivity index (χ4n) is 0.201. The molecule has 0 aliphatic rings. The monoisotopic (exact) mass is 125 g/mol. The Morgan fingerprint density at radius 3 is 2.00 bits per heavy atom. The smallest absolute Gasteiger partial charge is 0.214 e. The average Bonchev–Trinajstić information content (AvgIpc) is 1.30. The Balaban J connectivity index is 3.60. The maximum absolute atomic E-state index is 9.97. The number of quaternary nitrogens is 1. The summed E-state index contributed by atoms with van der Waals surface area (Å²) in [5.41, 5.74) is 3.31. The first-order valence-electron chi connectivity index (χ1n) is 1.86. The lowest BCUT2D eigenvalue weighted by atomic mass is 10.8. The van der Waals surface area contributed by atoms with E-state index in [1.54, 1.807) is 0 Å². The topological polar surface area (TPSA) is 87.8 Å². The van der Waals surface area contributed by atoms with E-state index in [-0.39, 0.29) is 5.75 Å². The van der Waals surface area contributed by atoms with Crippen molar-refractivity contribution < 1.29 is 14.2 Å². The molecule has 0 fully saturated rings. The molecule has 0 saturated heterocycles. The molecule has 0 radical (unpaired) electrons. The quantitative estimate of drug-likeness (QED) is 0.428. The summed E-state index contributed by atoms with van der Waals surface area (Å²) in [6.07, 6.45) is 0. The van der Waals surface area contributed by atoms with E-state index >= 15 is 0 Å². The largest absolute Gasteiger partial charge is 0.357 e. The van der Waals surface area contributed by atoms with Gasteiger partial charge in [0.05, 0.1) is 6.54 Å². The molecule has 44 valence electrons. The minimum Gasteiger partial charge on any atom is -0.357 e. The molecule has 5 N–H and O–H groups in total. The van der Waals surface area contributed by atoms with E-state index in [1.807, 2.05) is 0 Å². The molecule has 0 saturated carbocycles. The zero-order valence-electron chi connectivity index (χ0n) is 3.92. The third kappa shape index (κ3) is 5.87. The van der Waals surface area contributed by atoms with Gasteiger partial charge in [-0.2, -0.15) is 0 Å². The molecule has 0 spiro atoms. The molecule has 7 heavy (non-hydrogen) atoms. The van der Waals surface area contributed by atoms with Gasteiger partial charge < -0.3 is 5.73 Å². The van der Waals surface area contributed by atoms with Crippen LogP contribution in [0.3, 0.4) is 0 Å². The highest BCUT2D eigenvalue weighted by Gasteiger charge is 1.98. The Kier molecular flexibility index (Phi) is 2.21. The van der Waals surface area contributed by atoms with Crippen molar-refractivity contribution in [3.63, 3.8) is 0 Å². The standard InChI is InChI=1S/C2H8N2O2S/c3-1-2-7(4,5)6/h1-3H2,(H2,4,5,6)/p+1. The number of rotatable bonds is 2. The van der Waals surface area contributed by atoms with Gasteiger partial charge in [-0.05, 0) is 0 Å². The summed E-state index contributed by atoms with van der Waals surface area (Å²) in [7, 11) is -3.24. The Labute approximate surface area is 42.5 Å². The predicted octanol–water partition coefficient (Wildman–Crippen LogP) is -2.48. The molecular formula is C2H9N2O2S+. The summed E-state index contributed by atoms with van der Waals surface area (Å²) in [4.78, 5) is 0. The van der Waals surface area contributed by atoms with Crippen LogP contribution in [-0.4, -0.2) is 20.7 Å². The van der Waals surface area contributed by atoms with E-state index in [1.165, 1.54) is 0 Å². The summed E-state index contributed by atoms with van der Waals surface area (Å²) >= 11 is 0. The summed E-state index contributed by atoms with van der Waals surface area (Å²) in [5, 5.41) is 4.58. The summed E-state index contributed by atoms with van der Waals surface area (Å²) in [6.45, 7) is 0.346. The van der Waals surface area contributed by atoms with E-state index in [9.17, 15) is 8.42 Å². The molecule has 4 nitrogen and oxygen atoms in total. The van der Waals surface area contributed by atoms with Crippen molar-refractivity contribution >= 4 is 10.0 Å². The van der Waals surface area contributed by atoms with Crippen molar-refractivity contribution in [1.29, 1.82) is 0 Å². The van der Waals surface area contributed by atoms with Crippen molar-refractivity contribution in [3.8, 4) is 0 Å². The lowest BCUT2D eigenvalue weighted by Gasteiger charge is -1.85. The van der Waals surface area contributed by atoms with Gasteiger partial charge in [-0.1, -0.05) is 0 Å². The minimum atomic E-state index is -3.24. The average molecular weight is 125 g/mol. The van der Waals surface area contributed by atoms with Crippen LogP contribution in [-0.2, 0) is 10.0 Å². The molecule has 0 heterocycles. The van der Waals surface area contributed by atoms with Crippen LogP contribution < -0.4 is 10.9 Å². The fourth-order valence-corrected chi connectivity index (χ4v) is 0.604. The van der Waals surface area contributed by atoms with Gasteiger partial charge in [0.15, 0.2) is 0 Å². The highest BCUT2D eigenvalue weighted by molar-refractivity contribution is 7.89. The summed E-state index contributed by atoms with van der Waals surface area (Å²) < 4.78 is 19.9. The molecule has 0 rings (SSSR count). The normalized spacial score (nSPS) is 11.7. The van der Waals surface area contributed by atoms with E-state index in [0.29, 0.717) is 6.54 Å². The molecule has 0 amide bonds. The van der Waals surface area contributed by atoms with Crippen molar-refractivity contribution in [3.05, 3.63) is 0 Å². The van der Waals surface area contributed by atoms with Crippen LogP contribution in [0.1, 0.15) is 0 Å². The maximum atomic E-state index is 9.97. The molecule has 0 aromatic rings. The molecule has 0 atom stereocenters. The number of hydrogen-bond acceptors (Lipinski definition) is 2. The van der Waals surface area contributed by atoms with Gasteiger partial charge in [0.25, 0.3) is 0 Å². The van der Waals surface area contributed by atoms with Crippen LogP contribution in [0.4, 0.5) is 0 Å². The second-order valence-corrected chi connectivity index (χ2v) is 2.95. The zero-order chi connectivity index (χ0) is 5.91. The van der Waals surface area contributed by atoms with Crippen LogP contribution in [0.5, 0.6) is 0 Å². The third-order valence-electron chi connectivity index (χ3n) is 0.429. The highest BCUT2D eigenvalue weighted by atomic mass is 32.2. The van der Waals surface area contributed by atoms with Crippen molar-refractivity contribution in [1.82, 2.24) is 0 Å². The van der Waals surface area contributed by atoms with E-state index in [0.717, 1.165) is 0 Å². The molecule has 0 bridgehead atoms. The molecule has 0 aliphatic carbocycles. The molecule has 0 aromatic carbocycles. The van der Waals surface area contributed by atoms with Gasteiger partial charge in [-0.25, -0.2) is 13.6 Å². The number of primary sulfonamides is 1. The second kappa shape index (κ2) is 2.25. The van der Waals surface area contributed by atoms with Crippen LogP contribution in [0.25, 0.3) is 0 Å². The zero-order valence-corrected chi connectivity index (χ0v) is 4.74. The van der Waals surface area contributed by atoms with Gasteiger partial charge >= 0.3 is 0 Å². The SMILES string of the molecule is NS(=O)(=O)CC[NH3+]. The molecule has 0 aromatic heterocycles. The predicted molar refractivity (Wildman–Crippen MR) is 25.7 cm³/mol. The minimum absolute atomic E-state index is 0.0208. The maximum Gasteiger partial charge on any atom is 0.214 e. The molecule has 5 heteroatoms. The van der Waals surface area contributed by atoms with Gasteiger partial charge in [-0.3, -0.25) is 0 Å². The lowest BCUT2D eigenvalue weighted by molar-refractivity contribution is -0.360. The Morgan fingerprint density at radius 1 is 1.57 bits per heavy atom. The summed E-state index contributed by atoms with van der Waals surface area (Å²) in [5.74, 6) is -0.0208. The first kappa shape index (κ1) is 6.87. The van der Waals surface area contributed by atoms with Gasteiger partial charge in [0.1, 0.15) is 5.75 Å². The Hall–Kier alpha value is -0.130. The van der Waals surface area contributed by atoms with Gasteiger partial charge in [0.2, 0.25) is 10.0 Å². The molecule has 0 aliphatic heterocycles. The highest BCUT2D eigenvalue weighted by Crippen LogP contribution is 1.67. The van der Waals surface area contributed by atoms with E-state index < -0.39 is 10.0 Å². The van der Waals surface area contributed by atoms with Gasteiger partial charge in [-0.15, -0.1) is 0 Å². The van der Waals surface area contributed by atoms with Crippen LogP contribution in [0.2, 0.25) is 0 Å². The van der Waals surface area contributed by atoms with E-state index in [2.05, 4.69) is 10.9 Å². The lowest BCUT2D eigenvalue weighted by Crippen LogP contribution is -2.53. The number of hydrogen-bond donors (Lipinski definition) is 2. The van der Waals surface area contributed by atoms with Crippen molar-refractivity contribution in [2.75, 3.05) is 12.3 Å². The Bertz CT molecular complexity index is 127. The van der Waals surface area contributed by atoms with Crippen LogP contribution in [0.15, 0.2) is 0 Å². The first-order valence-corrected chi connectivity index (χ1v) is 3.57. The first-order chi connectivity index (χ1) is 3.06.